The second-order valence-electron chi connectivity index (χ2n) is 3.53. The summed E-state index contributed by atoms with van der Waals surface area (Å²) in [7, 11) is 0. The van der Waals surface area contributed by atoms with Gasteiger partial charge in [0, 0.05) is 12.1 Å². The second kappa shape index (κ2) is 5.96. The molecule has 1 amide bonds. The first kappa shape index (κ1) is 13.9. The minimum atomic E-state index is -1.29. The van der Waals surface area contributed by atoms with Crippen LogP contribution in [0.1, 0.15) is 6.92 Å². The van der Waals surface area contributed by atoms with Crippen molar-refractivity contribution in [1.29, 1.82) is 0 Å². The van der Waals surface area contributed by atoms with Crippen LogP contribution in [0.5, 0.6) is 0 Å². The zero-order chi connectivity index (χ0) is 13.7. The molecule has 18 heavy (non-hydrogen) atoms. The topological polar surface area (TPSA) is 41.1 Å². The number of carbonyl (C=O) groups is 1. The van der Waals surface area contributed by atoms with Crippen LogP contribution in [0.4, 0.5) is 18.9 Å². The highest BCUT2D eigenvalue weighted by molar-refractivity contribution is 5.84. The lowest BCUT2D eigenvalue weighted by Gasteiger charge is -2.15. The third-order valence-electron chi connectivity index (χ3n) is 2.14. The van der Waals surface area contributed by atoms with Gasteiger partial charge in [0.15, 0.2) is 11.6 Å². The van der Waals surface area contributed by atoms with Crippen molar-refractivity contribution in [2.45, 2.75) is 13.0 Å². The van der Waals surface area contributed by atoms with Gasteiger partial charge in [-0.15, -0.1) is 6.42 Å². The number of nitrogens with one attached hydrogen (secondary N) is 2. The monoisotopic (exact) mass is 256 g/mol. The van der Waals surface area contributed by atoms with Crippen LogP contribution in [0.2, 0.25) is 0 Å². The van der Waals surface area contributed by atoms with E-state index in [0.717, 1.165) is 0 Å². The van der Waals surface area contributed by atoms with Crippen molar-refractivity contribution in [3.05, 3.63) is 29.6 Å². The minimum absolute atomic E-state index is 0.0329. The smallest absolute Gasteiger partial charge is 0.242 e. The number of terminal acetylenes is 1. The first-order chi connectivity index (χ1) is 8.45. The van der Waals surface area contributed by atoms with Gasteiger partial charge in [0.2, 0.25) is 5.91 Å². The van der Waals surface area contributed by atoms with E-state index in [2.05, 4.69) is 16.6 Å². The minimum Gasteiger partial charge on any atom is -0.371 e. The van der Waals surface area contributed by atoms with Crippen LogP contribution in [-0.4, -0.2) is 18.5 Å². The van der Waals surface area contributed by atoms with Crippen LogP contribution in [-0.2, 0) is 4.79 Å². The summed E-state index contributed by atoms with van der Waals surface area (Å²) < 4.78 is 38.9. The Morgan fingerprint density at radius 2 is 1.94 bits per heavy atom. The van der Waals surface area contributed by atoms with Gasteiger partial charge in [0.1, 0.15) is 11.9 Å². The van der Waals surface area contributed by atoms with E-state index in [4.69, 9.17) is 6.42 Å². The SMILES string of the molecule is C#CCNC(=O)C(C)Nc1cc(F)c(F)cc1F. The zero-order valence-corrected chi connectivity index (χ0v) is 9.56. The van der Waals surface area contributed by atoms with Crippen molar-refractivity contribution in [2.75, 3.05) is 11.9 Å². The molecule has 1 atom stereocenters. The summed E-state index contributed by atoms with van der Waals surface area (Å²) in [5.41, 5.74) is -0.294. The molecule has 0 aliphatic heterocycles. The second-order valence-corrected chi connectivity index (χ2v) is 3.53. The highest BCUT2D eigenvalue weighted by Gasteiger charge is 2.16. The van der Waals surface area contributed by atoms with E-state index in [-0.39, 0.29) is 12.2 Å². The summed E-state index contributed by atoms with van der Waals surface area (Å²) in [5, 5.41) is 4.79. The fourth-order valence-corrected chi connectivity index (χ4v) is 1.22. The first-order valence-electron chi connectivity index (χ1n) is 5.08. The summed E-state index contributed by atoms with van der Waals surface area (Å²) in [5.74, 6) is -1.74. The number of hydrogen-bond donors (Lipinski definition) is 2. The van der Waals surface area contributed by atoms with Gasteiger partial charge in [-0.1, -0.05) is 5.92 Å². The Morgan fingerprint density at radius 3 is 2.56 bits per heavy atom. The van der Waals surface area contributed by atoms with Crippen molar-refractivity contribution in [3.8, 4) is 12.3 Å². The molecule has 1 rings (SSSR count). The highest BCUT2D eigenvalue weighted by atomic mass is 19.2. The summed E-state index contributed by atoms with van der Waals surface area (Å²) >= 11 is 0. The Kier molecular flexibility index (Phi) is 4.60. The molecular weight excluding hydrogens is 245 g/mol. The Morgan fingerprint density at radius 1 is 1.33 bits per heavy atom. The summed E-state index contributed by atoms with van der Waals surface area (Å²) in [6.07, 6.45) is 4.95. The van der Waals surface area contributed by atoms with Crippen LogP contribution >= 0.6 is 0 Å². The molecule has 3 nitrogen and oxygen atoms in total. The first-order valence-corrected chi connectivity index (χ1v) is 5.08. The third kappa shape index (κ3) is 3.42. The van der Waals surface area contributed by atoms with Crippen molar-refractivity contribution < 1.29 is 18.0 Å². The zero-order valence-electron chi connectivity index (χ0n) is 9.56. The molecule has 6 heteroatoms. The van der Waals surface area contributed by atoms with E-state index >= 15 is 0 Å². The van der Waals surface area contributed by atoms with Crippen LogP contribution in [0, 0.1) is 29.8 Å². The van der Waals surface area contributed by atoms with Crippen LogP contribution in [0.3, 0.4) is 0 Å². The third-order valence-corrected chi connectivity index (χ3v) is 2.14. The Labute approximate surface area is 102 Å². The molecule has 0 heterocycles. The number of carbonyl (C=O) groups excluding carboxylic acids is 1. The maximum Gasteiger partial charge on any atom is 0.242 e. The Balaban J connectivity index is 2.76. The van der Waals surface area contributed by atoms with E-state index in [1.807, 2.05) is 0 Å². The molecule has 0 fully saturated rings. The molecule has 0 radical (unpaired) electrons. The highest BCUT2D eigenvalue weighted by Crippen LogP contribution is 2.19. The average Bonchev–Trinajstić information content (AvgIpc) is 2.32. The number of anilines is 1. The van der Waals surface area contributed by atoms with Gasteiger partial charge in [-0.3, -0.25) is 4.79 Å². The number of amides is 1. The quantitative estimate of drug-likeness (QED) is 0.635. The molecule has 2 N–H and O–H groups in total. The maximum absolute atomic E-state index is 13.3. The molecule has 0 saturated carbocycles. The normalized spacial score (nSPS) is 11.5. The van der Waals surface area contributed by atoms with E-state index in [1.165, 1.54) is 6.92 Å². The van der Waals surface area contributed by atoms with Gasteiger partial charge >= 0.3 is 0 Å². The van der Waals surface area contributed by atoms with Gasteiger partial charge < -0.3 is 10.6 Å². The Hall–Kier alpha value is -2.16. The van der Waals surface area contributed by atoms with Crippen LogP contribution < -0.4 is 10.6 Å². The fraction of sp³-hybridized carbons (Fsp3) is 0.250. The van der Waals surface area contributed by atoms with Gasteiger partial charge in [-0.05, 0) is 6.92 Å². The molecule has 0 aliphatic rings. The van der Waals surface area contributed by atoms with E-state index in [0.29, 0.717) is 12.1 Å². The number of halogens is 3. The lowest BCUT2D eigenvalue weighted by Crippen LogP contribution is -2.37. The van der Waals surface area contributed by atoms with E-state index in [9.17, 15) is 18.0 Å². The van der Waals surface area contributed by atoms with Gasteiger partial charge in [0.05, 0.1) is 12.2 Å². The molecule has 1 aromatic rings. The van der Waals surface area contributed by atoms with Crippen molar-refractivity contribution in [3.63, 3.8) is 0 Å². The molecule has 1 aromatic carbocycles. The molecule has 0 aromatic heterocycles. The van der Waals surface area contributed by atoms with E-state index in [1.54, 1.807) is 0 Å². The van der Waals surface area contributed by atoms with Gasteiger partial charge in [-0.25, -0.2) is 13.2 Å². The summed E-state index contributed by atoms with van der Waals surface area (Å²) in [6, 6.07) is 0.219. The lowest BCUT2D eigenvalue weighted by molar-refractivity contribution is -0.121. The lowest BCUT2D eigenvalue weighted by atomic mass is 10.2. The van der Waals surface area contributed by atoms with Gasteiger partial charge in [0.25, 0.3) is 0 Å². The molecule has 0 saturated heterocycles. The molecule has 0 aliphatic carbocycles. The predicted molar refractivity (Wildman–Crippen MR) is 61.2 cm³/mol. The van der Waals surface area contributed by atoms with Crippen molar-refractivity contribution in [2.24, 2.45) is 0 Å². The van der Waals surface area contributed by atoms with Crippen LogP contribution in [0.15, 0.2) is 12.1 Å². The number of benzene rings is 1. The van der Waals surface area contributed by atoms with Crippen molar-refractivity contribution >= 4 is 11.6 Å². The average molecular weight is 256 g/mol. The Bertz CT molecular complexity index is 497. The number of hydrogen-bond acceptors (Lipinski definition) is 2. The molecule has 0 spiro atoms. The molecular formula is C12H11F3N2O. The molecule has 0 bridgehead atoms. The molecule has 96 valence electrons. The van der Waals surface area contributed by atoms with Crippen LogP contribution in [0.25, 0.3) is 0 Å². The number of rotatable bonds is 4. The largest absolute Gasteiger partial charge is 0.371 e. The summed E-state index contributed by atoms with van der Waals surface area (Å²) in [6.45, 7) is 1.47. The van der Waals surface area contributed by atoms with Crippen molar-refractivity contribution in [1.82, 2.24) is 5.32 Å². The predicted octanol–water partition coefficient (Wildman–Crippen LogP) is 1.65. The standard InChI is InChI=1S/C12H11F3N2O/c1-3-4-16-12(18)7(2)17-11-6-9(14)8(13)5-10(11)15/h1,5-7,17H,4H2,2H3,(H,16,18). The molecule has 1 unspecified atom stereocenters. The summed E-state index contributed by atoms with van der Waals surface area (Å²) in [4.78, 5) is 11.4. The maximum atomic E-state index is 13.3. The van der Waals surface area contributed by atoms with Gasteiger partial charge in [-0.2, -0.15) is 0 Å². The fourth-order valence-electron chi connectivity index (χ4n) is 1.22. The van der Waals surface area contributed by atoms with E-state index < -0.39 is 29.4 Å².